The van der Waals surface area contributed by atoms with Crippen LogP contribution in [0.3, 0.4) is 0 Å². The summed E-state index contributed by atoms with van der Waals surface area (Å²) in [7, 11) is 0. The minimum absolute atomic E-state index is 0.0112. The molecule has 2 aliphatic rings. The molecule has 1 saturated heterocycles. The summed E-state index contributed by atoms with van der Waals surface area (Å²) < 4.78 is 10.6. The molecule has 18 heteroatoms. The molecule has 0 unspecified atom stereocenters. The van der Waals surface area contributed by atoms with Crippen molar-refractivity contribution >= 4 is 58.3 Å². The SMILES string of the molecule is CSC(=O)OCc1ccc(NC(=O)[C@H](C)NC(=O)[C@@H](NC(=O)CCCCCN2C(=O)C=CC2=O)C(C)C)cc1CC[C@@H]1O[C@H](C(=O)O)[C@@H](O)[C@H](O)[C@H]1O. The van der Waals surface area contributed by atoms with Crippen LogP contribution in [0.25, 0.3) is 0 Å². The molecule has 1 aromatic carbocycles. The zero-order valence-corrected chi connectivity index (χ0v) is 30.8. The quantitative estimate of drug-likeness (QED) is 0.0615. The lowest BCUT2D eigenvalue weighted by Gasteiger charge is -2.39. The number of hydrogen-bond donors (Lipinski definition) is 7. The predicted molar refractivity (Wildman–Crippen MR) is 190 cm³/mol. The van der Waals surface area contributed by atoms with Crippen LogP contribution >= 0.6 is 11.8 Å². The van der Waals surface area contributed by atoms with E-state index < -0.39 is 65.7 Å². The highest BCUT2D eigenvalue weighted by molar-refractivity contribution is 8.12. The Morgan fingerprint density at radius 3 is 2.21 bits per heavy atom. The summed E-state index contributed by atoms with van der Waals surface area (Å²) in [5.74, 6) is -4.06. The van der Waals surface area contributed by atoms with Gasteiger partial charge in [0.2, 0.25) is 17.7 Å². The van der Waals surface area contributed by atoms with Crippen molar-refractivity contribution in [1.29, 1.82) is 0 Å². The van der Waals surface area contributed by atoms with Crippen molar-refractivity contribution in [2.24, 2.45) is 5.92 Å². The van der Waals surface area contributed by atoms with Gasteiger partial charge in [-0.2, -0.15) is 0 Å². The monoisotopic (exact) mass is 764 g/mol. The summed E-state index contributed by atoms with van der Waals surface area (Å²) in [5.41, 5.74) is 1.38. The molecular formula is C35H48N4O13S. The molecular weight excluding hydrogens is 716 g/mol. The maximum absolute atomic E-state index is 13.2. The Balaban J connectivity index is 1.59. The number of carbonyl (C=O) groups is 7. The molecule has 53 heavy (non-hydrogen) atoms. The molecule has 0 spiro atoms. The van der Waals surface area contributed by atoms with E-state index in [0.29, 0.717) is 36.1 Å². The van der Waals surface area contributed by atoms with Crippen molar-refractivity contribution in [2.45, 2.75) is 109 Å². The zero-order valence-electron chi connectivity index (χ0n) is 30.0. The molecule has 0 aliphatic carbocycles. The van der Waals surface area contributed by atoms with E-state index in [4.69, 9.17) is 9.47 Å². The maximum Gasteiger partial charge on any atom is 0.367 e. The molecule has 2 aliphatic heterocycles. The topological polar surface area (TPSA) is 258 Å². The first-order chi connectivity index (χ1) is 25.0. The van der Waals surface area contributed by atoms with Crippen molar-refractivity contribution in [3.8, 4) is 0 Å². The number of rotatable bonds is 18. The Bertz CT molecular complexity index is 1540. The number of amides is 5. The third-order valence-corrected chi connectivity index (χ3v) is 9.29. The first kappa shape index (κ1) is 43.0. The fraction of sp³-hybridized carbons (Fsp3) is 0.571. The molecule has 2 heterocycles. The van der Waals surface area contributed by atoms with Gasteiger partial charge in [0.05, 0.1) is 6.10 Å². The average Bonchev–Trinajstić information content (AvgIpc) is 3.43. The maximum atomic E-state index is 13.2. The van der Waals surface area contributed by atoms with Crippen molar-refractivity contribution in [2.75, 3.05) is 18.1 Å². The second-order valence-corrected chi connectivity index (χ2v) is 13.9. The van der Waals surface area contributed by atoms with Gasteiger partial charge >= 0.3 is 11.3 Å². The number of aryl methyl sites for hydroxylation is 1. The number of carboxylic acid groups (broad SMARTS) is 1. The molecule has 0 radical (unpaired) electrons. The van der Waals surface area contributed by atoms with E-state index in [1.165, 1.54) is 19.1 Å². The van der Waals surface area contributed by atoms with Gasteiger partial charge in [0.15, 0.2) is 6.10 Å². The summed E-state index contributed by atoms with van der Waals surface area (Å²) in [5, 5.41) is 47.6. The number of hydrogen-bond acceptors (Lipinski definition) is 13. The molecule has 292 valence electrons. The minimum atomic E-state index is -1.84. The van der Waals surface area contributed by atoms with E-state index in [-0.39, 0.29) is 56.1 Å². The highest BCUT2D eigenvalue weighted by Gasteiger charge is 2.46. The lowest BCUT2D eigenvalue weighted by Crippen LogP contribution is -2.59. The van der Waals surface area contributed by atoms with Crippen LogP contribution in [0.15, 0.2) is 30.4 Å². The Hall–Kier alpha value is -4.36. The van der Waals surface area contributed by atoms with E-state index >= 15 is 0 Å². The van der Waals surface area contributed by atoms with E-state index in [2.05, 4.69) is 16.0 Å². The van der Waals surface area contributed by atoms with Gasteiger partial charge in [-0.3, -0.25) is 28.9 Å². The first-order valence-electron chi connectivity index (χ1n) is 17.2. The number of benzene rings is 1. The van der Waals surface area contributed by atoms with Gasteiger partial charge in [0.25, 0.3) is 11.8 Å². The van der Waals surface area contributed by atoms with E-state index in [1.807, 2.05) is 0 Å². The Labute approximate surface area is 310 Å². The van der Waals surface area contributed by atoms with E-state index in [9.17, 15) is 54.0 Å². The fourth-order valence-corrected chi connectivity index (χ4v) is 5.92. The zero-order chi connectivity index (χ0) is 39.4. The molecule has 5 amide bonds. The van der Waals surface area contributed by atoms with Gasteiger partial charge in [-0.05, 0) is 79.8 Å². The Kier molecular flexibility index (Phi) is 16.4. The van der Waals surface area contributed by atoms with Gasteiger partial charge in [-0.1, -0.05) is 26.3 Å². The molecule has 17 nitrogen and oxygen atoms in total. The summed E-state index contributed by atoms with van der Waals surface area (Å²) in [6.45, 7) is 5.08. The van der Waals surface area contributed by atoms with Crippen LogP contribution in [-0.4, -0.2) is 122 Å². The number of aliphatic hydroxyl groups is 3. The molecule has 0 aromatic heterocycles. The number of ether oxygens (including phenoxy) is 2. The van der Waals surface area contributed by atoms with Crippen LogP contribution < -0.4 is 16.0 Å². The number of aliphatic hydroxyl groups excluding tert-OH is 3. The summed E-state index contributed by atoms with van der Waals surface area (Å²) in [6, 6.07) is 2.77. The second-order valence-electron chi connectivity index (χ2n) is 13.2. The van der Waals surface area contributed by atoms with Crippen LogP contribution in [0, 0.1) is 5.92 Å². The van der Waals surface area contributed by atoms with Crippen LogP contribution in [0.4, 0.5) is 10.5 Å². The van der Waals surface area contributed by atoms with Gasteiger partial charge < -0.3 is 45.9 Å². The number of imide groups is 1. The normalized spacial score (nSPS) is 22.3. The summed E-state index contributed by atoms with van der Waals surface area (Å²) in [4.78, 5) is 86.8. The second kappa shape index (κ2) is 20.2. The Morgan fingerprint density at radius 1 is 0.906 bits per heavy atom. The number of anilines is 1. The first-order valence-corrected chi connectivity index (χ1v) is 18.5. The third-order valence-electron chi connectivity index (χ3n) is 8.84. The highest BCUT2D eigenvalue weighted by atomic mass is 32.2. The van der Waals surface area contributed by atoms with Crippen LogP contribution in [0.2, 0.25) is 0 Å². The molecule has 7 N–H and O–H groups in total. The highest BCUT2D eigenvalue weighted by Crippen LogP contribution is 2.27. The van der Waals surface area contributed by atoms with Crippen molar-refractivity contribution in [1.82, 2.24) is 15.5 Å². The number of unbranched alkanes of at least 4 members (excludes halogenated alkanes) is 2. The lowest BCUT2D eigenvalue weighted by molar-refractivity contribution is -0.228. The van der Waals surface area contributed by atoms with Crippen molar-refractivity contribution in [3.05, 3.63) is 41.5 Å². The number of carboxylic acids is 1. The number of nitrogens with zero attached hydrogens (tertiary/aromatic N) is 1. The number of carbonyl (C=O) groups excluding carboxylic acids is 6. The van der Waals surface area contributed by atoms with E-state index in [0.717, 1.165) is 16.7 Å². The standard InChI is InChI=1S/C35H48N4O13S/c1-18(2)27(38-24(40)8-6-5-7-15-39-25(41)13-14-26(39)42)33(47)36-19(3)32(46)37-22-11-9-21(17-51-35(50)53-4)20(16-22)10-12-23-28(43)29(44)30(45)31(52-23)34(48)49/h9,11,13-14,16,18-19,23,27-31,43-45H,5-8,10,12,15,17H2,1-4H3,(H,36,47)(H,37,46)(H,38,40)(H,48,49)/t19-,23-,27-,28-,29+,30-,31-/m0/s1. The smallest absolute Gasteiger partial charge is 0.367 e. The molecule has 1 fully saturated rings. The molecule has 3 rings (SSSR count). The number of nitrogens with one attached hydrogen (secondary N) is 3. The van der Waals surface area contributed by atoms with Gasteiger partial charge in [-0.25, -0.2) is 9.59 Å². The van der Waals surface area contributed by atoms with Crippen LogP contribution in [-0.2, 0) is 51.3 Å². The molecule has 1 aromatic rings. The predicted octanol–water partition coefficient (Wildman–Crippen LogP) is 0.623. The summed E-state index contributed by atoms with van der Waals surface area (Å²) >= 11 is 0.867. The summed E-state index contributed by atoms with van der Waals surface area (Å²) in [6.07, 6.45) is -2.33. The molecule has 0 bridgehead atoms. The van der Waals surface area contributed by atoms with Crippen LogP contribution in [0.1, 0.15) is 64.0 Å². The van der Waals surface area contributed by atoms with Crippen molar-refractivity contribution in [3.63, 3.8) is 0 Å². The third kappa shape index (κ3) is 12.3. The largest absolute Gasteiger partial charge is 0.479 e. The van der Waals surface area contributed by atoms with Crippen LogP contribution in [0.5, 0.6) is 0 Å². The minimum Gasteiger partial charge on any atom is -0.479 e. The van der Waals surface area contributed by atoms with Crippen molar-refractivity contribution < 1.29 is 63.5 Å². The number of thioether (sulfide) groups is 1. The van der Waals surface area contributed by atoms with Gasteiger partial charge in [0, 0.05) is 30.8 Å². The molecule has 7 atom stereocenters. The van der Waals surface area contributed by atoms with Gasteiger partial charge in [-0.15, -0.1) is 0 Å². The fourth-order valence-electron chi connectivity index (χ4n) is 5.75. The lowest BCUT2D eigenvalue weighted by atomic mass is 9.91. The van der Waals surface area contributed by atoms with Gasteiger partial charge in [0.1, 0.15) is 37.0 Å². The number of aliphatic carboxylic acids is 1. The Morgan fingerprint density at radius 2 is 1.58 bits per heavy atom. The van der Waals surface area contributed by atoms with E-state index in [1.54, 1.807) is 38.3 Å². The molecule has 0 saturated carbocycles. The average molecular weight is 765 g/mol.